The molecule has 0 bridgehead atoms. The zero-order valence-electron chi connectivity index (χ0n) is 22.2. The predicted molar refractivity (Wildman–Crippen MR) is 158 cm³/mol. The molecule has 1 amide bonds. The molecule has 3 aromatic carbocycles. The fourth-order valence-electron chi connectivity index (χ4n) is 4.37. The molecule has 0 saturated heterocycles. The first-order valence-corrected chi connectivity index (χ1v) is 14.9. The fraction of sp³-hybridized carbons (Fsp3) is 0.103. The summed E-state index contributed by atoms with van der Waals surface area (Å²) in [7, 11) is -2.17. The van der Waals surface area contributed by atoms with E-state index in [4.69, 9.17) is 9.84 Å². The summed E-state index contributed by atoms with van der Waals surface area (Å²) in [6, 6.07) is 21.3. The summed E-state index contributed by atoms with van der Waals surface area (Å²) in [6.45, 7) is 0.268. The van der Waals surface area contributed by atoms with Crippen LogP contribution in [0.2, 0.25) is 0 Å². The van der Waals surface area contributed by atoms with E-state index in [2.05, 4.69) is 20.1 Å². The number of rotatable bonds is 10. The number of hydrogen-bond acceptors (Lipinski definition) is 8. The number of aromatic nitrogens is 3. The quantitative estimate of drug-likeness (QED) is 0.190. The highest BCUT2D eigenvalue weighted by Gasteiger charge is 2.20. The lowest BCUT2D eigenvalue weighted by Gasteiger charge is -2.16. The fourth-order valence-corrected chi connectivity index (χ4v) is 6.18. The second kappa shape index (κ2) is 12.1. The third kappa shape index (κ3) is 6.25. The Balaban J connectivity index is 1.51. The zero-order chi connectivity index (χ0) is 29.7. The lowest BCUT2D eigenvalue weighted by Crippen LogP contribution is -2.23. The molecule has 0 fully saturated rings. The van der Waals surface area contributed by atoms with Gasteiger partial charge in [-0.2, -0.15) is 10.4 Å². The van der Waals surface area contributed by atoms with E-state index in [1.807, 2.05) is 48.5 Å². The van der Waals surface area contributed by atoms with Crippen molar-refractivity contribution >= 4 is 32.6 Å². The molecule has 0 spiro atoms. The van der Waals surface area contributed by atoms with Gasteiger partial charge in [0.05, 0.1) is 16.2 Å². The van der Waals surface area contributed by atoms with Crippen LogP contribution in [-0.4, -0.2) is 40.9 Å². The van der Waals surface area contributed by atoms with Crippen LogP contribution >= 0.6 is 11.3 Å². The summed E-state index contributed by atoms with van der Waals surface area (Å²) in [6.07, 6.45) is 2.57. The van der Waals surface area contributed by atoms with Crippen LogP contribution in [0.25, 0.3) is 22.4 Å². The number of ether oxygens (including phenoxy) is 1. The van der Waals surface area contributed by atoms with Crippen molar-refractivity contribution in [3.8, 4) is 40.0 Å². The van der Waals surface area contributed by atoms with Crippen LogP contribution in [0.15, 0.2) is 89.4 Å². The Morgan fingerprint density at radius 3 is 2.60 bits per heavy atom. The first kappa shape index (κ1) is 28.3. The molecular weight excluding hydrogens is 576 g/mol. The van der Waals surface area contributed by atoms with Crippen LogP contribution in [0.4, 0.5) is 9.93 Å². The smallest absolute Gasteiger partial charge is 0.404 e. The van der Waals surface area contributed by atoms with Crippen LogP contribution in [0.1, 0.15) is 11.1 Å². The number of amides is 1. The lowest BCUT2D eigenvalue weighted by atomic mass is 9.95. The maximum Gasteiger partial charge on any atom is 0.404 e. The molecule has 2 heterocycles. The summed E-state index contributed by atoms with van der Waals surface area (Å²) in [4.78, 5) is 14.8. The van der Waals surface area contributed by atoms with Crippen LogP contribution in [0, 0.1) is 11.3 Å². The van der Waals surface area contributed by atoms with E-state index in [1.54, 1.807) is 29.4 Å². The Labute approximate surface area is 245 Å². The van der Waals surface area contributed by atoms with Gasteiger partial charge >= 0.3 is 6.09 Å². The van der Waals surface area contributed by atoms with E-state index in [-0.39, 0.29) is 27.9 Å². The molecule has 0 saturated carbocycles. The number of carboxylic acid groups (broad SMARTS) is 1. The van der Waals surface area contributed by atoms with E-state index in [0.29, 0.717) is 17.7 Å². The average Bonchev–Trinajstić information content (AvgIpc) is 3.64. The maximum atomic E-state index is 12.8. The van der Waals surface area contributed by atoms with Crippen molar-refractivity contribution in [3.05, 3.63) is 95.6 Å². The monoisotopic (exact) mass is 600 g/mol. The summed E-state index contributed by atoms with van der Waals surface area (Å²) in [5.74, 6) is 0.613. The topological polar surface area (TPSA) is 159 Å². The van der Waals surface area contributed by atoms with E-state index >= 15 is 0 Å². The highest BCUT2D eigenvalue weighted by molar-refractivity contribution is 7.93. The maximum absolute atomic E-state index is 12.8. The number of nitrogens with one attached hydrogen (secondary N) is 2. The highest BCUT2D eigenvalue weighted by Crippen LogP contribution is 2.38. The molecule has 42 heavy (non-hydrogen) atoms. The van der Waals surface area contributed by atoms with Crippen LogP contribution in [0.3, 0.4) is 0 Å². The van der Waals surface area contributed by atoms with Gasteiger partial charge < -0.3 is 15.2 Å². The molecule has 3 N–H and O–H groups in total. The molecule has 0 atom stereocenters. The Morgan fingerprint density at radius 1 is 1.07 bits per heavy atom. The molecule has 11 nitrogen and oxygen atoms in total. The second-order valence-corrected chi connectivity index (χ2v) is 11.6. The Hall–Kier alpha value is -5.19. The number of benzene rings is 3. The molecule has 0 aliphatic heterocycles. The predicted octanol–water partition coefficient (Wildman–Crippen LogP) is 5.49. The molecule has 2 aromatic heterocycles. The van der Waals surface area contributed by atoms with Crippen molar-refractivity contribution in [1.29, 1.82) is 5.26 Å². The van der Waals surface area contributed by atoms with Gasteiger partial charge in [-0.25, -0.2) is 18.2 Å². The number of carbonyl (C=O) groups is 1. The number of sulfonamides is 1. The van der Waals surface area contributed by atoms with Gasteiger partial charge in [-0.1, -0.05) is 30.3 Å². The molecule has 0 aliphatic rings. The van der Waals surface area contributed by atoms with Crippen LogP contribution in [0.5, 0.6) is 11.5 Å². The van der Waals surface area contributed by atoms with Crippen molar-refractivity contribution in [2.45, 2.75) is 11.3 Å². The summed E-state index contributed by atoms with van der Waals surface area (Å²) in [5, 5.41) is 27.4. The van der Waals surface area contributed by atoms with Crippen LogP contribution < -0.4 is 14.8 Å². The Kier molecular flexibility index (Phi) is 8.19. The average molecular weight is 601 g/mol. The molecule has 212 valence electrons. The molecule has 0 radical (unpaired) electrons. The third-order valence-corrected chi connectivity index (χ3v) is 8.49. The minimum atomic E-state index is -3.96. The number of nitrogens with zero attached hydrogens (tertiary/aromatic N) is 4. The van der Waals surface area contributed by atoms with E-state index in [1.165, 1.54) is 24.4 Å². The molecule has 13 heteroatoms. The molecule has 5 aromatic rings. The standard InChI is InChI=1S/C29H24N6O5S2/c1-35-25(11-13-33-35)24-17-20(23-5-3-2-4-19(23)10-12-32-29(36)37)6-8-27(24)40-26-9-7-22(16-21(26)18-30)42(38,39)34-28-31-14-15-41-28/h2-9,11,13-17,32H,10,12H2,1H3,(H,31,34)(H,36,37). The third-order valence-electron chi connectivity index (χ3n) is 6.33. The summed E-state index contributed by atoms with van der Waals surface area (Å²) < 4.78 is 36.0. The molecule has 0 unspecified atom stereocenters. The minimum Gasteiger partial charge on any atom is -0.465 e. The second-order valence-electron chi connectivity index (χ2n) is 9.00. The van der Waals surface area contributed by atoms with Gasteiger partial charge in [0, 0.05) is 36.9 Å². The van der Waals surface area contributed by atoms with Crippen molar-refractivity contribution < 1.29 is 23.1 Å². The van der Waals surface area contributed by atoms with Gasteiger partial charge in [-0.05, 0) is 59.5 Å². The van der Waals surface area contributed by atoms with Crippen molar-refractivity contribution in [2.75, 3.05) is 11.3 Å². The summed E-state index contributed by atoms with van der Waals surface area (Å²) >= 11 is 1.14. The van der Waals surface area contributed by atoms with E-state index in [9.17, 15) is 18.5 Å². The van der Waals surface area contributed by atoms with Crippen molar-refractivity contribution in [2.24, 2.45) is 7.05 Å². The van der Waals surface area contributed by atoms with Gasteiger partial charge in [-0.15, -0.1) is 11.3 Å². The number of hydrogen-bond donors (Lipinski definition) is 3. The molecular formula is C29H24N6O5S2. The minimum absolute atomic E-state index is 0.0355. The largest absolute Gasteiger partial charge is 0.465 e. The number of thiazole rings is 1. The number of nitriles is 1. The highest BCUT2D eigenvalue weighted by atomic mass is 32.2. The normalized spacial score (nSPS) is 11.0. The van der Waals surface area contributed by atoms with E-state index < -0.39 is 16.1 Å². The first-order valence-electron chi connectivity index (χ1n) is 12.6. The van der Waals surface area contributed by atoms with Crippen molar-refractivity contribution in [3.63, 3.8) is 0 Å². The SMILES string of the molecule is Cn1nccc1-c1cc(-c2ccccc2CCNC(=O)O)ccc1Oc1ccc(S(=O)(=O)Nc2nccs2)cc1C#N. The summed E-state index contributed by atoms with van der Waals surface area (Å²) in [5.41, 5.74) is 4.25. The van der Waals surface area contributed by atoms with Crippen molar-refractivity contribution in [1.82, 2.24) is 20.1 Å². The Bertz CT molecular complexity index is 1900. The van der Waals surface area contributed by atoms with Gasteiger partial charge in [0.2, 0.25) is 0 Å². The van der Waals surface area contributed by atoms with Gasteiger partial charge in [-0.3, -0.25) is 9.40 Å². The zero-order valence-corrected chi connectivity index (χ0v) is 23.8. The number of aryl methyl sites for hydroxylation is 1. The van der Waals surface area contributed by atoms with Crippen LogP contribution in [-0.2, 0) is 23.5 Å². The van der Waals surface area contributed by atoms with E-state index in [0.717, 1.165) is 33.7 Å². The van der Waals surface area contributed by atoms with Gasteiger partial charge in [0.15, 0.2) is 5.13 Å². The first-order chi connectivity index (χ1) is 20.2. The number of anilines is 1. The molecule has 5 rings (SSSR count). The van der Waals surface area contributed by atoms with Gasteiger partial charge in [0.1, 0.15) is 17.6 Å². The van der Waals surface area contributed by atoms with Gasteiger partial charge in [0.25, 0.3) is 10.0 Å². The molecule has 0 aliphatic carbocycles. The lowest BCUT2D eigenvalue weighted by molar-refractivity contribution is 0.194. The Morgan fingerprint density at radius 2 is 1.88 bits per heavy atom.